The molecule has 0 heterocycles. The van der Waals surface area contributed by atoms with Crippen LogP contribution in [0.15, 0.2) is 72.8 Å². The van der Waals surface area contributed by atoms with Crippen molar-refractivity contribution in [3.63, 3.8) is 0 Å². The highest BCUT2D eigenvalue weighted by Crippen LogP contribution is 2.41. The van der Waals surface area contributed by atoms with Crippen LogP contribution in [0.2, 0.25) is 0 Å². The number of benzene rings is 3. The van der Waals surface area contributed by atoms with Crippen molar-refractivity contribution >= 4 is 0 Å². The highest BCUT2D eigenvalue weighted by molar-refractivity contribution is 5.50. The van der Waals surface area contributed by atoms with Gasteiger partial charge < -0.3 is 19.3 Å². The highest BCUT2D eigenvalue weighted by Gasteiger charge is 2.36. The summed E-state index contributed by atoms with van der Waals surface area (Å²) >= 11 is 0. The minimum Gasteiger partial charge on any atom is -0.497 e. The molecule has 3 rings (SSSR count). The van der Waals surface area contributed by atoms with Gasteiger partial charge in [0.1, 0.15) is 17.1 Å². The van der Waals surface area contributed by atoms with Gasteiger partial charge >= 0.3 is 0 Å². The second kappa shape index (κ2) is 9.59. The summed E-state index contributed by atoms with van der Waals surface area (Å²) in [6, 6.07) is 24.3. The summed E-state index contributed by atoms with van der Waals surface area (Å²) in [7, 11) is 5.05. The summed E-state index contributed by atoms with van der Waals surface area (Å²) in [5, 5.41) is 9.09. The molecule has 0 radical (unpaired) electrons. The fraction of sp³-hybridized carbons (Fsp3) is 0.280. The standard InChI is InChI=1S/C25H28O4/c1-27-23-14-10-21(11-15-23)25(29-3,22-12-16-24(28-2)17-13-22)20-8-6-19(7-9-20)5-4-18-26/h6-17,26H,4-5,18H2,1-3H3. The van der Waals surface area contributed by atoms with E-state index < -0.39 is 5.60 Å². The van der Waals surface area contributed by atoms with E-state index in [1.54, 1.807) is 21.3 Å². The van der Waals surface area contributed by atoms with Crippen LogP contribution in [0.1, 0.15) is 28.7 Å². The molecule has 29 heavy (non-hydrogen) atoms. The van der Waals surface area contributed by atoms with E-state index in [2.05, 4.69) is 24.3 Å². The molecule has 4 heteroatoms. The maximum Gasteiger partial charge on any atom is 0.143 e. The van der Waals surface area contributed by atoms with Crippen LogP contribution in [-0.4, -0.2) is 33.0 Å². The fourth-order valence-corrected chi connectivity index (χ4v) is 3.69. The first-order chi connectivity index (χ1) is 14.2. The SMILES string of the molecule is COc1ccc(C(OC)(c2ccc(CCCO)cc2)c2ccc(OC)cc2)cc1. The summed E-state index contributed by atoms with van der Waals surface area (Å²) in [4.78, 5) is 0. The Morgan fingerprint density at radius 3 is 1.41 bits per heavy atom. The molecule has 0 unspecified atom stereocenters. The lowest BCUT2D eigenvalue weighted by Crippen LogP contribution is -2.31. The fourth-order valence-electron chi connectivity index (χ4n) is 3.69. The van der Waals surface area contributed by atoms with E-state index in [1.807, 2.05) is 48.5 Å². The first kappa shape index (κ1) is 20.9. The van der Waals surface area contributed by atoms with E-state index in [4.69, 9.17) is 19.3 Å². The maximum atomic E-state index is 9.09. The van der Waals surface area contributed by atoms with Crippen molar-refractivity contribution in [2.75, 3.05) is 27.9 Å². The number of aliphatic hydroxyl groups is 1. The molecule has 0 saturated heterocycles. The van der Waals surface area contributed by atoms with Gasteiger partial charge in [0.25, 0.3) is 0 Å². The van der Waals surface area contributed by atoms with Crippen molar-refractivity contribution in [3.05, 3.63) is 95.1 Å². The van der Waals surface area contributed by atoms with E-state index in [1.165, 1.54) is 5.56 Å². The van der Waals surface area contributed by atoms with Gasteiger partial charge in [0.05, 0.1) is 14.2 Å². The lowest BCUT2D eigenvalue weighted by Gasteiger charge is -2.34. The molecule has 4 nitrogen and oxygen atoms in total. The van der Waals surface area contributed by atoms with E-state index in [-0.39, 0.29) is 6.61 Å². The first-order valence-corrected chi connectivity index (χ1v) is 9.72. The normalized spacial score (nSPS) is 11.3. The van der Waals surface area contributed by atoms with Crippen molar-refractivity contribution < 1.29 is 19.3 Å². The molecule has 0 bridgehead atoms. The zero-order chi connectivity index (χ0) is 20.7. The third-order valence-electron chi connectivity index (χ3n) is 5.28. The van der Waals surface area contributed by atoms with Gasteiger partial charge in [0, 0.05) is 13.7 Å². The van der Waals surface area contributed by atoms with Gasteiger partial charge in [-0.25, -0.2) is 0 Å². The predicted octanol–water partition coefficient (Wildman–Crippen LogP) is 4.57. The number of hydrogen-bond donors (Lipinski definition) is 1. The third kappa shape index (κ3) is 4.29. The number of methoxy groups -OCH3 is 3. The van der Waals surface area contributed by atoms with Crippen molar-refractivity contribution in [1.29, 1.82) is 0 Å². The number of rotatable bonds is 9. The molecule has 0 aromatic heterocycles. The summed E-state index contributed by atoms with van der Waals surface area (Å²) in [5.74, 6) is 1.60. The van der Waals surface area contributed by atoms with Crippen molar-refractivity contribution in [2.24, 2.45) is 0 Å². The molecule has 0 amide bonds. The van der Waals surface area contributed by atoms with Gasteiger partial charge in [-0.15, -0.1) is 0 Å². The number of hydrogen-bond acceptors (Lipinski definition) is 4. The van der Waals surface area contributed by atoms with E-state index in [0.29, 0.717) is 0 Å². The molecule has 3 aromatic rings. The van der Waals surface area contributed by atoms with Crippen LogP contribution < -0.4 is 9.47 Å². The molecule has 0 aliphatic heterocycles. The lowest BCUT2D eigenvalue weighted by atomic mass is 9.79. The summed E-state index contributed by atoms with van der Waals surface area (Å²) < 4.78 is 16.9. The van der Waals surface area contributed by atoms with E-state index in [9.17, 15) is 0 Å². The van der Waals surface area contributed by atoms with Crippen LogP contribution in [0.4, 0.5) is 0 Å². The van der Waals surface area contributed by atoms with Gasteiger partial charge in [0.2, 0.25) is 0 Å². The minimum absolute atomic E-state index is 0.196. The van der Waals surface area contributed by atoms with Crippen LogP contribution in [0.5, 0.6) is 11.5 Å². The average Bonchev–Trinajstić information content (AvgIpc) is 2.80. The largest absolute Gasteiger partial charge is 0.497 e. The molecule has 152 valence electrons. The minimum atomic E-state index is -0.770. The molecule has 0 atom stereocenters. The topological polar surface area (TPSA) is 47.9 Å². The van der Waals surface area contributed by atoms with Crippen LogP contribution in [-0.2, 0) is 16.8 Å². The number of aryl methyl sites for hydroxylation is 1. The Morgan fingerprint density at radius 1 is 0.655 bits per heavy atom. The predicted molar refractivity (Wildman–Crippen MR) is 115 cm³/mol. The lowest BCUT2D eigenvalue weighted by molar-refractivity contribution is 0.0584. The van der Waals surface area contributed by atoms with Crippen LogP contribution in [0.3, 0.4) is 0 Å². The molecule has 0 saturated carbocycles. The van der Waals surface area contributed by atoms with Gasteiger partial charge in [-0.1, -0.05) is 48.5 Å². The Bertz CT molecular complexity index is 836. The first-order valence-electron chi connectivity index (χ1n) is 9.72. The van der Waals surface area contributed by atoms with Crippen LogP contribution >= 0.6 is 0 Å². The quantitative estimate of drug-likeness (QED) is 0.542. The molecular weight excluding hydrogens is 364 g/mol. The molecular formula is C25H28O4. The summed E-state index contributed by atoms with van der Waals surface area (Å²) in [6.45, 7) is 0.196. The second-order valence-electron chi connectivity index (χ2n) is 6.87. The van der Waals surface area contributed by atoms with Crippen LogP contribution in [0, 0.1) is 0 Å². The Balaban J connectivity index is 2.13. The van der Waals surface area contributed by atoms with Crippen molar-refractivity contribution in [2.45, 2.75) is 18.4 Å². The Morgan fingerprint density at radius 2 is 1.07 bits per heavy atom. The molecule has 0 aliphatic carbocycles. The average molecular weight is 392 g/mol. The Labute approximate surface area is 172 Å². The summed E-state index contributed by atoms with van der Waals surface area (Å²) in [6.07, 6.45) is 1.60. The van der Waals surface area contributed by atoms with Gasteiger partial charge in [-0.2, -0.15) is 0 Å². The highest BCUT2D eigenvalue weighted by atomic mass is 16.5. The van der Waals surface area contributed by atoms with Gasteiger partial charge in [-0.05, 0) is 59.4 Å². The number of aliphatic hydroxyl groups excluding tert-OH is 1. The van der Waals surface area contributed by atoms with Crippen LogP contribution in [0.25, 0.3) is 0 Å². The Kier molecular flexibility index (Phi) is 6.91. The van der Waals surface area contributed by atoms with E-state index in [0.717, 1.165) is 41.0 Å². The Hall–Kier alpha value is -2.82. The van der Waals surface area contributed by atoms with Crippen molar-refractivity contribution in [3.8, 4) is 11.5 Å². The third-order valence-corrected chi connectivity index (χ3v) is 5.28. The number of ether oxygens (including phenoxy) is 3. The maximum absolute atomic E-state index is 9.09. The second-order valence-corrected chi connectivity index (χ2v) is 6.87. The zero-order valence-corrected chi connectivity index (χ0v) is 17.2. The summed E-state index contributed by atoms with van der Waals surface area (Å²) in [5.41, 5.74) is 3.47. The molecule has 1 N–H and O–H groups in total. The molecule has 0 aliphatic rings. The molecule has 3 aromatic carbocycles. The monoisotopic (exact) mass is 392 g/mol. The van der Waals surface area contributed by atoms with Gasteiger partial charge in [0.15, 0.2) is 0 Å². The molecule has 0 fully saturated rings. The molecule has 0 spiro atoms. The van der Waals surface area contributed by atoms with Gasteiger partial charge in [-0.3, -0.25) is 0 Å². The van der Waals surface area contributed by atoms with Crippen molar-refractivity contribution in [1.82, 2.24) is 0 Å². The smallest absolute Gasteiger partial charge is 0.143 e. The van der Waals surface area contributed by atoms with E-state index >= 15 is 0 Å². The zero-order valence-electron chi connectivity index (χ0n) is 17.2.